The van der Waals surface area contributed by atoms with Crippen LogP contribution in [0.3, 0.4) is 0 Å². The van der Waals surface area contributed by atoms with Gasteiger partial charge in [-0.3, -0.25) is 4.79 Å². The summed E-state index contributed by atoms with van der Waals surface area (Å²) in [5, 5.41) is 3.02. The van der Waals surface area contributed by atoms with Crippen LogP contribution in [0.1, 0.15) is 25.7 Å². The van der Waals surface area contributed by atoms with Crippen molar-refractivity contribution in [1.82, 2.24) is 4.90 Å². The number of anilines is 1. The van der Waals surface area contributed by atoms with Gasteiger partial charge in [0.1, 0.15) is 5.82 Å². The van der Waals surface area contributed by atoms with Crippen LogP contribution in [0.5, 0.6) is 0 Å². The molecule has 3 N–H and O–H groups in total. The van der Waals surface area contributed by atoms with E-state index in [4.69, 9.17) is 5.73 Å². The third-order valence-electron chi connectivity index (χ3n) is 3.65. The molecule has 1 atom stereocenters. The Bertz CT molecular complexity index is 446. The van der Waals surface area contributed by atoms with Gasteiger partial charge < -0.3 is 16.0 Å². The number of amides is 1. The molecule has 1 aromatic rings. The molecule has 1 aliphatic rings. The number of likely N-dealkylation sites (tertiary alicyclic amines) is 1. The molecule has 1 aromatic carbocycles. The quantitative estimate of drug-likeness (QED) is 0.866. The first kappa shape index (κ1) is 14.8. The number of nitrogens with one attached hydrogen (secondary N) is 1. The summed E-state index contributed by atoms with van der Waals surface area (Å²) in [6, 6.07) is 6.20. The molecule has 0 aliphatic carbocycles. The number of piperidine rings is 1. The minimum Gasteiger partial charge on any atom is -0.378 e. The van der Waals surface area contributed by atoms with E-state index in [1.807, 2.05) is 4.90 Å². The van der Waals surface area contributed by atoms with Gasteiger partial charge in [-0.15, -0.1) is 0 Å². The molecule has 0 spiro atoms. The number of hydrogen-bond acceptors (Lipinski definition) is 3. The van der Waals surface area contributed by atoms with Gasteiger partial charge in [-0.2, -0.15) is 0 Å². The van der Waals surface area contributed by atoms with Crippen molar-refractivity contribution in [3.8, 4) is 0 Å². The lowest BCUT2D eigenvalue weighted by Crippen LogP contribution is -2.40. The van der Waals surface area contributed by atoms with Crippen molar-refractivity contribution in [2.75, 3.05) is 25.0 Å². The van der Waals surface area contributed by atoms with Crippen LogP contribution in [0.25, 0.3) is 0 Å². The zero-order chi connectivity index (χ0) is 14.4. The van der Waals surface area contributed by atoms with E-state index < -0.39 is 0 Å². The van der Waals surface area contributed by atoms with Gasteiger partial charge in [-0.25, -0.2) is 4.39 Å². The van der Waals surface area contributed by atoms with Crippen LogP contribution in [0.15, 0.2) is 24.3 Å². The lowest BCUT2D eigenvalue weighted by molar-refractivity contribution is -0.132. The number of para-hydroxylation sites is 1. The molecule has 1 amide bonds. The van der Waals surface area contributed by atoms with Gasteiger partial charge in [-0.1, -0.05) is 12.1 Å². The Hall–Kier alpha value is -1.62. The van der Waals surface area contributed by atoms with Crippen molar-refractivity contribution in [3.63, 3.8) is 0 Å². The van der Waals surface area contributed by atoms with Crippen LogP contribution in [-0.2, 0) is 4.79 Å². The Kier molecular flexibility index (Phi) is 5.35. The molecule has 0 radical (unpaired) electrons. The maximum Gasteiger partial charge on any atom is 0.224 e. The Labute approximate surface area is 119 Å². The molecule has 0 saturated carbocycles. The summed E-state index contributed by atoms with van der Waals surface area (Å²) in [4.78, 5) is 14.1. The number of carbonyl (C=O) groups is 1. The van der Waals surface area contributed by atoms with E-state index in [0.29, 0.717) is 18.7 Å². The topological polar surface area (TPSA) is 58.4 Å². The molecular weight excluding hydrogens is 257 g/mol. The van der Waals surface area contributed by atoms with Crippen LogP contribution in [0.2, 0.25) is 0 Å². The van der Waals surface area contributed by atoms with E-state index >= 15 is 0 Å². The summed E-state index contributed by atoms with van der Waals surface area (Å²) in [7, 11) is 0. The zero-order valence-electron chi connectivity index (χ0n) is 11.6. The second-order valence-electron chi connectivity index (χ2n) is 5.20. The van der Waals surface area contributed by atoms with E-state index in [0.717, 1.165) is 25.9 Å². The fourth-order valence-electron chi connectivity index (χ4n) is 2.47. The highest BCUT2D eigenvalue weighted by Crippen LogP contribution is 2.16. The Balaban J connectivity index is 1.91. The lowest BCUT2D eigenvalue weighted by Gasteiger charge is -2.28. The maximum atomic E-state index is 13.6. The van der Waals surface area contributed by atoms with Crippen LogP contribution in [-0.4, -0.2) is 36.5 Å². The van der Waals surface area contributed by atoms with E-state index in [9.17, 15) is 9.18 Å². The van der Waals surface area contributed by atoms with E-state index in [1.165, 1.54) is 12.5 Å². The molecule has 5 heteroatoms. The molecule has 1 saturated heterocycles. The Morgan fingerprint density at radius 2 is 2.00 bits per heavy atom. The highest BCUT2D eigenvalue weighted by molar-refractivity contribution is 5.77. The minimum atomic E-state index is -0.323. The molecule has 110 valence electrons. The fraction of sp³-hybridized carbons (Fsp3) is 0.533. The van der Waals surface area contributed by atoms with E-state index in [2.05, 4.69) is 5.32 Å². The van der Waals surface area contributed by atoms with Crippen molar-refractivity contribution in [3.05, 3.63) is 30.1 Å². The predicted octanol–water partition coefficient (Wildman–Crippen LogP) is 1.97. The van der Waals surface area contributed by atoms with Crippen molar-refractivity contribution < 1.29 is 9.18 Å². The van der Waals surface area contributed by atoms with Crippen molar-refractivity contribution >= 4 is 11.6 Å². The predicted molar refractivity (Wildman–Crippen MR) is 77.9 cm³/mol. The molecule has 1 aliphatic heterocycles. The molecule has 0 bridgehead atoms. The number of rotatable bonds is 5. The summed E-state index contributed by atoms with van der Waals surface area (Å²) < 4.78 is 13.6. The third kappa shape index (κ3) is 3.93. The van der Waals surface area contributed by atoms with Crippen molar-refractivity contribution in [2.24, 2.45) is 5.73 Å². The van der Waals surface area contributed by atoms with Gasteiger partial charge in [0.05, 0.1) is 5.69 Å². The van der Waals surface area contributed by atoms with Gasteiger partial charge in [0.2, 0.25) is 5.91 Å². The molecule has 1 fully saturated rings. The molecule has 0 aromatic heterocycles. The van der Waals surface area contributed by atoms with E-state index in [-0.39, 0.29) is 17.8 Å². The smallest absolute Gasteiger partial charge is 0.224 e. The van der Waals surface area contributed by atoms with Gasteiger partial charge in [0, 0.05) is 32.1 Å². The van der Waals surface area contributed by atoms with Crippen molar-refractivity contribution in [1.29, 1.82) is 0 Å². The fourth-order valence-corrected chi connectivity index (χ4v) is 2.47. The van der Waals surface area contributed by atoms with Gasteiger partial charge in [-0.05, 0) is 31.4 Å². The van der Waals surface area contributed by atoms with Gasteiger partial charge in [0.25, 0.3) is 0 Å². The monoisotopic (exact) mass is 279 g/mol. The average molecular weight is 279 g/mol. The summed E-state index contributed by atoms with van der Waals surface area (Å²) in [6.45, 7) is 1.96. The standard InChI is InChI=1S/C15H22FN3O/c16-13-6-2-3-7-14(13)18-12(11-17)10-15(20)19-8-4-1-5-9-19/h2-3,6-7,12,18H,1,4-5,8-11,17H2. The van der Waals surface area contributed by atoms with Crippen LogP contribution < -0.4 is 11.1 Å². The van der Waals surface area contributed by atoms with Crippen LogP contribution in [0, 0.1) is 5.82 Å². The largest absolute Gasteiger partial charge is 0.378 e. The highest BCUT2D eigenvalue weighted by Gasteiger charge is 2.20. The number of carbonyl (C=O) groups excluding carboxylic acids is 1. The number of benzene rings is 1. The first-order valence-electron chi connectivity index (χ1n) is 7.19. The molecule has 1 heterocycles. The summed E-state index contributed by atoms with van der Waals surface area (Å²) in [5.41, 5.74) is 6.09. The van der Waals surface area contributed by atoms with Crippen LogP contribution in [0.4, 0.5) is 10.1 Å². The first-order valence-corrected chi connectivity index (χ1v) is 7.19. The third-order valence-corrected chi connectivity index (χ3v) is 3.65. The highest BCUT2D eigenvalue weighted by atomic mass is 19.1. The normalized spacial score (nSPS) is 16.8. The number of nitrogens with two attached hydrogens (primary N) is 1. The Morgan fingerprint density at radius 1 is 1.30 bits per heavy atom. The van der Waals surface area contributed by atoms with Gasteiger partial charge >= 0.3 is 0 Å². The van der Waals surface area contributed by atoms with Crippen LogP contribution >= 0.6 is 0 Å². The summed E-state index contributed by atoms with van der Waals surface area (Å²) in [5.74, 6) is -0.222. The SMILES string of the molecule is NCC(CC(=O)N1CCCCC1)Nc1ccccc1F. The molecule has 1 unspecified atom stereocenters. The number of hydrogen-bond donors (Lipinski definition) is 2. The molecule has 4 nitrogen and oxygen atoms in total. The van der Waals surface area contributed by atoms with Gasteiger partial charge in [0.15, 0.2) is 0 Å². The lowest BCUT2D eigenvalue weighted by atomic mass is 10.1. The first-order chi connectivity index (χ1) is 9.70. The summed E-state index contributed by atoms with van der Waals surface area (Å²) >= 11 is 0. The molecule has 20 heavy (non-hydrogen) atoms. The number of nitrogens with zero attached hydrogens (tertiary/aromatic N) is 1. The zero-order valence-corrected chi connectivity index (χ0v) is 11.6. The Morgan fingerprint density at radius 3 is 2.65 bits per heavy atom. The second kappa shape index (κ2) is 7.24. The molecular formula is C15H22FN3O. The number of halogens is 1. The summed E-state index contributed by atoms with van der Waals surface area (Å²) in [6.07, 6.45) is 3.64. The molecule has 2 rings (SSSR count). The second-order valence-corrected chi connectivity index (χ2v) is 5.20. The van der Waals surface area contributed by atoms with Crippen molar-refractivity contribution in [2.45, 2.75) is 31.7 Å². The van der Waals surface area contributed by atoms with E-state index in [1.54, 1.807) is 18.2 Å². The maximum absolute atomic E-state index is 13.6. The average Bonchev–Trinajstić information content (AvgIpc) is 2.49. The minimum absolute atomic E-state index is 0.101.